The minimum absolute atomic E-state index is 0.0646. The number of hydrazone groups is 1. The smallest absolute Gasteiger partial charge is 0.282 e. The standard InChI is InChI=1S/C23H22N6O3S/c1-14-21(26-25-17-7-9-18(10-8-17)28(3)15(2)30)22(31)29(27-14)23-24-20(13-33-23)16-5-11-19(32-4)12-6-16/h5-13,21H,1-4H3. The summed E-state index contributed by atoms with van der Waals surface area (Å²) in [5.41, 5.74) is 3.53. The van der Waals surface area contributed by atoms with Crippen LogP contribution in [0.2, 0.25) is 0 Å². The van der Waals surface area contributed by atoms with E-state index in [-0.39, 0.29) is 11.8 Å². The third kappa shape index (κ3) is 4.65. The molecular formula is C23H22N6O3S. The Labute approximate surface area is 195 Å². The van der Waals surface area contributed by atoms with Crippen LogP contribution < -0.4 is 14.6 Å². The fourth-order valence-corrected chi connectivity index (χ4v) is 3.92. The summed E-state index contributed by atoms with van der Waals surface area (Å²) in [6.07, 6.45) is 0. The van der Waals surface area contributed by atoms with Gasteiger partial charge in [-0.25, -0.2) is 4.98 Å². The summed E-state index contributed by atoms with van der Waals surface area (Å²) in [7, 11) is 3.31. The Morgan fingerprint density at radius 2 is 1.85 bits per heavy atom. The number of anilines is 2. The number of hydrogen-bond acceptors (Lipinski definition) is 8. The van der Waals surface area contributed by atoms with Gasteiger partial charge in [0.25, 0.3) is 5.91 Å². The van der Waals surface area contributed by atoms with E-state index in [1.807, 2.05) is 29.6 Å². The molecule has 0 spiro atoms. The minimum Gasteiger partial charge on any atom is -0.497 e. The summed E-state index contributed by atoms with van der Waals surface area (Å²) in [6.45, 7) is 3.24. The van der Waals surface area contributed by atoms with Gasteiger partial charge in [-0.1, -0.05) is 0 Å². The Bertz CT molecular complexity index is 1230. The number of ether oxygens (including phenoxy) is 1. The highest BCUT2D eigenvalue weighted by molar-refractivity contribution is 7.14. The molecule has 168 valence electrons. The van der Waals surface area contributed by atoms with Crippen molar-refractivity contribution in [2.75, 3.05) is 24.1 Å². The number of carbonyl (C=O) groups is 2. The average molecular weight is 463 g/mol. The lowest BCUT2D eigenvalue weighted by Gasteiger charge is -2.14. The lowest BCUT2D eigenvalue weighted by molar-refractivity contribution is -0.118. The predicted molar refractivity (Wildman–Crippen MR) is 129 cm³/mol. The Balaban J connectivity index is 1.47. The zero-order valence-corrected chi connectivity index (χ0v) is 19.4. The average Bonchev–Trinajstić information content (AvgIpc) is 3.42. The Morgan fingerprint density at radius 3 is 2.48 bits per heavy atom. The van der Waals surface area contributed by atoms with Crippen LogP contribution in [0.3, 0.4) is 0 Å². The molecule has 2 amide bonds. The van der Waals surface area contributed by atoms with Gasteiger partial charge in [0, 0.05) is 30.6 Å². The predicted octanol–water partition coefficient (Wildman–Crippen LogP) is 4.68. The normalized spacial score (nSPS) is 15.8. The van der Waals surface area contributed by atoms with Crippen LogP contribution in [-0.4, -0.2) is 42.7 Å². The lowest BCUT2D eigenvalue weighted by atomic mass is 10.2. The van der Waals surface area contributed by atoms with Gasteiger partial charge in [-0.2, -0.15) is 20.3 Å². The van der Waals surface area contributed by atoms with E-state index in [0.717, 1.165) is 22.7 Å². The summed E-state index contributed by atoms with van der Waals surface area (Å²) in [4.78, 5) is 30.5. The zero-order chi connectivity index (χ0) is 23.5. The largest absolute Gasteiger partial charge is 0.497 e. The van der Waals surface area contributed by atoms with Crippen LogP contribution in [0.4, 0.5) is 16.5 Å². The number of thiazole rings is 1. The molecule has 1 unspecified atom stereocenters. The fourth-order valence-electron chi connectivity index (χ4n) is 3.13. The van der Waals surface area contributed by atoms with Crippen molar-refractivity contribution in [1.82, 2.24) is 4.98 Å². The van der Waals surface area contributed by atoms with Crippen molar-refractivity contribution < 1.29 is 14.3 Å². The molecule has 0 aliphatic carbocycles. The molecule has 0 saturated heterocycles. The van der Waals surface area contributed by atoms with Gasteiger partial charge in [0.05, 0.1) is 24.2 Å². The molecule has 0 radical (unpaired) electrons. The molecule has 33 heavy (non-hydrogen) atoms. The third-order valence-electron chi connectivity index (χ3n) is 5.15. The van der Waals surface area contributed by atoms with Crippen molar-refractivity contribution in [2.45, 2.75) is 19.9 Å². The van der Waals surface area contributed by atoms with E-state index in [4.69, 9.17) is 4.74 Å². The van der Waals surface area contributed by atoms with E-state index in [1.54, 1.807) is 45.3 Å². The summed E-state index contributed by atoms with van der Waals surface area (Å²) in [6, 6.07) is 13.8. The van der Waals surface area contributed by atoms with Crippen LogP contribution in [0.1, 0.15) is 13.8 Å². The monoisotopic (exact) mass is 462 g/mol. The van der Waals surface area contributed by atoms with E-state index in [2.05, 4.69) is 20.3 Å². The Morgan fingerprint density at radius 1 is 1.15 bits per heavy atom. The van der Waals surface area contributed by atoms with Gasteiger partial charge in [-0.05, 0) is 55.5 Å². The van der Waals surface area contributed by atoms with Gasteiger partial charge >= 0.3 is 0 Å². The topological polar surface area (TPSA) is 99.8 Å². The van der Waals surface area contributed by atoms with E-state index in [0.29, 0.717) is 16.5 Å². The van der Waals surface area contributed by atoms with Crippen molar-refractivity contribution in [3.05, 3.63) is 53.9 Å². The number of carbonyl (C=O) groups excluding carboxylic acids is 2. The highest BCUT2D eigenvalue weighted by atomic mass is 32.1. The number of azo groups is 1. The van der Waals surface area contributed by atoms with E-state index in [1.165, 1.54) is 28.2 Å². The number of methoxy groups -OCH3 is 1. The van der Waals surface area contributed by atoms with E-state index >= 15 is 0 Å². The number of aromatic nitrogens is 1. The van der Waals surface area contributed by atoms with Crippen LogP contribution >= 0.6 is 11.3 Å². The molecule has 1 aliphatic rings. The van der Waals surface area contributed by atoms with Crippen LogP contribution in [0.25, 0.3) is 11.3 Å². The minimum atomic E-state index is -0.807. The first-order chi connectivity index (χ1) is 15.9. The summed E-state index contributed by atoms with van der Waals surface area (Å²) in [5, 5.41) is 16.4. The van der Waals surface area contributed by atoms with Crippen molar-refractivity contribution in [1.29, 1.82) is 0 Å². The maximum absolute atomic E-state index is 12.9. The van der Waals surface area contributed by atoms with E-state index in [9.17, 15) is 9.59 Å². The highest BCUT2D eigenvalue weighted by Gasteiger charge is 2.36. The van der Waals surface area contributed by atoms with Crippen LogP contribution in [0.15, 0.2) is 69.2 Å². The number of hydrogen-bond donors (Lipinski definition) is 0. The van der Waals surface area contributed by atoms with Gasteiger partial charge in [0.1, 0.15) is 5.75 Å². The summed E-state index contributed by atoms with van der Waals surface area (Å²) < 4.78 is 5.19. The highest BCUT2D eigenvalue weighted by Crippen LogP contribution is 2.31. The first-order valence-electron chi connectivity index (χ1n) is 10.1. The number of amides is 2. The molecular weight excluding hydrogens is 440 g/mol. The summed E-state index contributed by atoms with van der Waals surface area (Å²) in [5.74, 6) is 0.392. The second kappa shape index (κ2) is 9.29. The molecule has 3 aromatic rings. The Hall–Kier alpha value is -3.92. The maximum atomic E-state index is 12.9. The van der Waals surface area contributed by atoms with Gasteiger partial charge in [-0.3, -0.25) is 9.59 Å². The van der Waals surface area contributed by atoms with Gasteiger partial charge in [0.15, 0.2) is 6.04 Å². The van der Waals surface area contributed by atoms with Gasteiger partial charge in [0.2, 0.25) is 11.0 Å². The quantitative estimate of drug-likeness (QED) is 0.497. The molecule has 1 aliphatic heterocycles. The maximum Gasteiger partial charge on any atom is 0.282 e. The molecule has 1 aromatic heterocycles. The molecule has 1 atom stereocenters. The third-order valence-corrected chi connectivity index (χ3v) is 5.97. The summed E-state index contributed by atoms with van der Waals surface area (Å²) >= 11 is 1.33. The second-order valence-electron chi connectivity index (χ2n) is 7.35. The second-order valence-corrected chi connectivity index (χ2v) is 8.18. The van der Waals surface area contributed by atoms with E-state index < -0.39 is 6.04 Å². The molecule has 0 fully saturated rings. The van der Waals surface area contributed by atoms with Gasteiger partial charge < -0.3 is 9.64 Å². The first kappa shape index (κ1) is 22.3. The molecule has 2 aromatic carbocycles. The molecule has 9 nitrogen and oxygen atoms in total. The van der Waals surface area contributed by atoms with Crippen LogP contribution in [0, 0.1) is 0 Å². The van der Waals surface area contributed by atoms with Crippen molar-refractivity contribution in [2.24, 2.45) is 15.3 Å². The van der Waals surface area contributed by atoms with Gasteiger partial charge in [-0.15, -0.1) is 11.3 Å². The first-order valence-corrected chi connectivity index (χ1v) is 11.0. The van der Waals surface area contributed by atoms with Crippen LogP contribution in [0.5, 0.6) is 5.75 Å². The van der Waals surface area contributed by atoms with Crippen molar-refractivity contribution >= 4 is 45.4 Å². The SMILES string of the molecule is COc1ccc(-c2csc(N3N=C(C)C(N=Nc4ccc(N(C)C(C)=O)cc4)C3=O)n2)cc1. The molecule has 10 heteroatoms. The molecule has 0 saturated carbocycles. The van der Waals surface area contributed by atoms with Crippen molar-refractivity contribution in [3.8, 4) is 17.0 Å². The Kier molecular flexibility index (Phi) is 6.27. The number of rotatable bonds is 6. The molecule has 0 N–H and O–H groups in total. The number of nitrogens with zero attached hydrogens (tertiary/aromatic N) is 6. The number of benzene rings is 2. The molecule has 2 heterocycles. The van der Waals surface area contributed by atoms with Crippen molar-refractivity contribution in [3.63, 3.8) is 0 Å². The lowest BCUT2D eigenvalue weighted by Crippen LogP contribution is -2.29. The molecule has 4 rings (SSSR count). The zero-order valence-electron chi connectivity index (χ0n) is 18.6. The fraction of sp³-hybridized carbons (Fsp3) is 0.217. The molecule has 0 bridgehead atoms. The van der Waals surface area contributed by atoms with Crippen LogP contribution in [-0.2, 0) is 9.59 Å².